The molecule has 0 spiro atoms. The van der Waals surface area contributed by atoms with Gasteiger partial charge in [0.15, 0.2) is 5.13 Å². The molecule has 2 N–H and O–H groups in total. The summed E-state index contributed by atoms with van der Waals surface area (Å²) in [5.41, 5.74) is 0.909. The number of hydrogen-bond acceptors (Lipinski definition) is 5. The molecule has 2 aromatic heterocycles. The fourth-order valence-electron chi connectivity index (χ4n) is 2.86. The van der Waals surface area contributed by atoms with E-state index in [0.29, 0.717) is 11.7 Å². The van der Waals surface area contributed by atoms with Crippen molar-refractivity contribution in [2.75, 3.05) is 25.0 Å². The lowest BCUT2D eigenvalue weighted by molar-refractivity contribution is 0.144. The number of likely N-dealkylation sites (tertiary alicyclic amines) is 1. The lowest BCUT2D eigenvalue weighted by Gasteiger charge is -2.33. The molecular formula is C16H22N4O2S. The maximum Gasteiger partial charge on any atom is 0.321 e. The number of hydrogen-bond donors (Lipinski definition) is 2. The van der Waals surface area contributed by atoms with Crippen LogP contribution in [0.3, 0.4) is 0 Å². The van der Waals surface area contributed by atoms with Gasteiger partial charge in [-0.05, 0) is 45.0 Å². The molecule has 3 rings (SSSR count). The second-order valence-electron chi connectivity index (χ2n) is 5.76. The fraction of sp³-hybridized carbons (Fsp3) is 0.500. The van der Waals surface area contributed by atoms with Crippen molar-refractivity contribution in [3.8, 4) is 0 Å². The Morgan fingerprint density at radius 1 is 1.43 bits per heavy atom. The standard InChI is InChI=1S/C16H22N4O2S/c1-12-11-23-16(18-12)19-15(21)17-10-13(14-6-5-9-22-14)20-7-3-2-4-8-20/h5-6,9,11,13H,2-4,7-8,10H2,1H3,(H2,17,18,19,21). The summed E-state index contributed by atoms with van der Waals surface area (Å²) in [6, 6.07) is 3.72. The minimum absolute atomic E-state index is 0.0779. The predicted molar refractivity (Wildman–Crippen MR) is 90.7 cm³/mol. The normalized spacial score (nSPS) is 16.9. The fourth-order valence-corrected chi connectivity index (χ4v) is 3.55. The molecule has 1 atom stereocenters. The van der Waals surface area contributed by atoms with E-state index in [-0.39, 0.29) is 12.1 Å². The zero-order valence-electron chi connectivity index (χ0n) is 13.2. The van der Waals surface area contributed by atoms with Crippen molar-refractivity contribution in [2.24, 2.45) is 0 Å². The predicted octanol–water partition coefficient (Wildman–Crippen LogP) is 3.39. The molecule has 0 radical (unpaired) electrons. The number of rotatable bonds is 5. The molecular weight excluding hydrogens is 312 g/mol. The first kappa shape index (κ1) is 16.0. The zero-order chi connectivity index (χ0) is 16.1. The van der Waals surface area contributed by atoms with E-state index in [1.807, 2.05) is 24.4 Å². The van der Waals surface area contributed by atoms with Crippen molar-refractivity contribution in [1.82, 2.24) is 15.2 Å². The molecule has 0 aliphatic carbocycles. The van der Waals surface area contributed by atoms with Crippen LogP contribution in [0.25, 0.3) is 0 Å². The highest BCUT2D eigenvalue weighted by atomic mass is 32.1. The van der Waals surface area contributed by atoms with Crippen molar-refractivity contribution < 1.29 is 9.21 Å². The minimum Gasteiger partial charge on any atom is -0.468 e. The van der Waals surface area contributed by atoms with Crippen LogP contribution in [0.1, 0.15) is 36.8 Å². The summed E-state index contributed by atoms with van der Waals surface area (Å²) in [6.45, 7) is 4.51. The van der Waals surface area contributed by atoms with Gasteiger partial charge >= 0.3 is 6.03 Å². The summed E-state index contributed by atoms with van der Waals surface area (Å²) in [5, 5.41) is 8.25. The summed E-state index contributed by atoms with van der Waals surface area (Å²) < 4.78 is 5.58. The second-order valence-corrected chi connectivity index (χ2v) is 6.62. The summed E-state index contributed by atoms with van der Waals surface area (Å²) in [5.74, 6) is 0.900. The van der Waals surface area contributed by atoms with E-state index in [1.54, 1.807) is 6.26 Å². The van der Waals surface area contributed by atoms with Crippen LogP contribution < -0.4 is 10.6 Å². The van der Waals surface area contributed by atoms with Gasteiger partial charge in [0.25, 0.3) is 0 Å². The third-order valence-electron chi connectivity index (χ3n) is 4.00. The number of nitrogens with one attached hydrogen (secondary N) is 2. The molecule has 23 heavy (non-hydrogen) atoms. The zero-order valence-corrected chi connectivity index (χ0v) is 14.1. The Kier molecular flexibility index (Phi) is 5.30. The maximum atomic E-state index is 12.1. The average molecular weight is 334 g/mol. The number of aryl methyl sites for hydroxylation is 1. The van der Waals surface area contributed by atoms with E-state index in [9.17, 15) is 4.79 Å². The molecule has 1 saturated heterocycles. The quantitative estimate of drug-likeness (QED) is 0.879. The summed E-state index contributed by atoms with van der Waals surface area (Å²) in [7, 11) is 0. The SMILES string of the molecule is Cc1csc(NC(=O)NCC(c2ccco2)N2CCCCC2)n1. The highest BCUT2D eigenvalue weighted by molar-refractivity contribution is 7.13. The molecule has 7 heteroatoms. The van der Waals surface area contributed by atoms with Gasteiger partial charge in [0.1, 0.15) is 5.76 Å². The van der Waals surface area contributed by atoms with Crippen LogP contribution >= 0.6 is 11.3 Å². The number of nitrogens with zero attached hydrogens (tertiary/aromatic N) is 2. The van der Waals surface area contributed by atoms with Crippen molar-refractivity contribution >= 4 is 22.5 Å². The van der Waals surface area contributed by atoms with E-state index >= 15 is 0 Å². The molecule has 0 saturated carbocycles. The number of thiazole rings is 1. The van der Waals surface area contributed by atoms with E-state index < -0.39 is 0 Å². The first-order chi connectivity index (χ1) is 11.2. The molecule has 124 valence electrons. The Labute approximate surface area is 139 Å². The number of amides is 2. The van der Waals surface area contributed by atoms with E-state index in [2.05, 4.69) is 20.5 Å². The van der Waals surface area contributed by atoms with E-state index in [0.717, 1.165) is 24.5 Å². The van der Waals surface area contributed by atoms with Crippen LogP contribution in [0.4, 0.5) is 9.93 Å². The van der Waals surface area contributed by atoms with E-state index in [4.69, 9.17) is 4.42 Å². The largest absolute Gasteiger partial charge is 0.468 e. The number of piperidine rings is 1. The highest BCUT2D eigenvalue weighted by Crippen LogP contribution is 2.24. The number of carbonyl (C=O) groups is 1. The lowest BCUT2D eigenvalue weighted by Crippen LogP contribution is -2.41. The van der Waals surface area contributed by atoms with Gasteiger partial charge in [0.05, 0.1) is 18.0 Å². The molecule has 2 amide bonds. The molecule has 1 fully saturated rings. The Morgan fingerprint density at radius 3 is 2.91 bits per heavy atom. The van der Waals surface area contributed by atoms with Gasteiger partial charge in [0.2, 0.25) is 0 Å². The Bertz CT molecular complexity index is 620. The molecule has 1 aliphatic heterocycles. The second kappa shape index (κ2) is 7.61. The van der Waals surface area contributed by atoms with Crippen molar-refractivity contribution in [3.05, 3.63) is 35.2 Å². The van der Waals surface area contributed by atoms with Crippen LogP contribution in [0.5, 0.6) is 0 Å². The molecule has 1 aliphatic rings. The van der Waals surface area contributed by atoms with Crippen molar-refractivity contribution in [2.45, 2.75) is 32.2 Å². The van der Waals surface area contributed by atoms with E-state index in [1.165, 1.54) is 30.6 Å². The molecule has 3 heterocycles. The molecule has 0 bridgehead atoms. The third-order valence-corrected chi connectivity index (χ3v) is 4.87. The molecule has 6 nitrogen and oxygen atoms in total. The molecule has 2 aromatic rings. The Morgan fingerprint density at radius 2 is 2.26 bits per heavy atom. The number of anilines is 1. The number of carbonyl (C=O) groups excluding carboxylic acids is 1. The van der Waals surface area contributed by atoms with Crippen LogP contribution in [0.15, 0.2) is 28.2 Å². The number of furan rings is 1. The van der Waals surface area contributed by atoms with Crippen LogP contribution in [0, 0.1) is 6.92 Å². The summed E-state index contributed by atoms with van der Waals surface area (Å²) >= 11 is 1.43. The van der Waals surface area contributed by atoms with Crippen molar-refractivity contribution in [1.29, 1.82) is 0 Å². The van der Waals surface area contributed by atoms with Crippen molar-refractivity contribution in [3.63, 3.8) is 0 Å². The van der Waals surface area contributed by atoms with Gasteiger partial charge < -0.3 is 9.73 Å². The lowest BCUT2D eigenvalue weighted by atomic mass is 10.1. The summed E-state index contributed by atoms with van der Waals surface area (Å²) in [6.07, 6.45) is 5.35. The topological polar surface area (TPSA) is 70.4 Å². The van der Waals surface area contributed by atoms with Gasteiger partial charge in [0, 0.05) is 11.9 Å². The smallest absolute Gasteiger partial charge is 0.321 e. The Balaban J connectivity index is 1.58. The average Bonchev–Trinajstić information content (AvgIpc) is 3.21. The molecule has 0 aromatic carbocycles. The summed E-state index contributed by atoms with van der Waals surface area (Å²) in [4.78, 5) is 18.7. The first-order valence-corrected chi connectivity index (χ1v) is 8.85. The van der Waals surface area contributed by atoms with Crippen LogP contribution in [-0.2, 0) is 0 Å². The highest BCUT2D eigenvalue weighted by Gasteiger charge is 2.24. The van der Waals surface area contributed by atoms with Gasteiger partial charge in [-0.1, -0.05) is 6.42 Å². The van der Waals surface area contributed by atoms with Gasteiger partial charge in [-0.3, -0.25) is 10.2 Å². The van der Waals surface area contributed by atoms with Crippen LogP contribution in [0.2, 0.25) is 0 Å². The Hall–Kier alpha value is -1.86. The number of aromatic nitrogens is 1. The molecule has 1 unspecified atom stereocenters. The first-order valence-electron chi connectivity index (χ1n) is 7.97. The minimum atomic E-state index is -0.229. The van der Waals surface area contributed by atoms with Gasteiger partial charge in [-0.25, -0.2) is 9.78 Å². The third kappa shape index (κ3) is 4.33. The van der Waals surface area contributed by atoms with Gasteiger partial charge in [-0.15, -0.1) is 11.3 Å². The van der Waals surface area contributed by atoms with Crippen LogP contribution in [-0.4, -0.2) is 35.5 Å². The number of urea groups is 1. The maximum absolute atomic E-state index is 12.1. The monoisotopic (exact) mass is 334 g/mol. The van der Waals surface area contributed by atoms with Gasteiger partial charge in [-0.2, -0.15) is 0 Å².